The summed E-state index contributed by atoms with van der Waals surface area (Å²) < 4.78 is 0. The van der Waals surface area contributed by atoms with Crippen molar-refractivity contribution in [3.8, 4) is 0 Å². The van der Waals surface area contributed by atoms with Crippen molar-refractivity contribution >= 4 is 34.7 Å². The molecule has 0 aromatic heterocycles. The maximum Gasteiger partial charge on any atom is 0.233 e. The lowest BCUT2D eigenvalue weighted by Gasteiger charge is -2.20. The second-order valence-electron chi connectivity index (χ2n) is 5.68. The van der Waals surface area contributed by atoms with E-state index < -0.39 is 29.1 Å². The summed E-state index contributed by atoms with van der Waals surface area (Å²) >= 11 is 5.87. The second kappa shape index (κ2) is 6.95. The van der Waals surface area contributed by atoms with Crippen LogP contribution >= 0.6 is 11.6 Å². The minimum Gasteiger partial charge on any atom is -0.289 e. The number of hydrogen-bond donors (Lipinski definition) is 0. The van der Waals surface area contributed by atoms with Crippen LogP contribution in [-0.4, -0.2) is 23.1 Å². The largest absolute Gasteiger partial charge is 0.289 e. The highest BCUT2D eigenvalue weighted by Gasteiger charge is 2.45. The lowest BCUT2D eigenvalue weighted by Crippen LogP contribution is -2.42. The summed E-state index contributed by atoms with van der Waals surface area (Å²) in [4.78, 5) is 49.5. The number of halogens is 1. The van der Waals surface area contributed by atoms with Gasteiger partial charge in [-0.3, -0.25) is 19.2 Å². The van der Waals surface area contributed by atoms with E-state index in [9.17, 15) is 19.2 Å². The van der Waals surface area contributed by atoms with E-state index in [0.717, 1.165) is 5.56 Å². The molecule has 0 N–H and O–H groups in total. The Morgan fingerprint density at radius 1 is 0.840 bits per heavy atom. The average Bonchev–Trinajstić information content (AvgIpc) is 2.61. The van der Waals surface area contributed by atoms with Crippen LogP contribution in [0.2, 0.25) is 5.02 Å². The molecular formula is C20H13ClO4. The summed E-state index contributed by atoms with van der Waals surface area (Å²) in [6.45, 7) is 0. The first-order chi connectivity index (χ1) is 12.0. The smallest absolute Gasteiger partial charge is 0.233 e. The van der Waals surface area contributed by atoms with Crippen LogP contribution in [0, 0.1) is 0 Å². The van der Waals surface area contributed by atoms with E-state index in [1.54, 1.807) is 12.1 Å². The normalized spacial score (nSPS) is 17.8. The summed E-state index contributed by atoms with van der Waals surface area (Å²) in [5.41, 5.74) is 0.774. The van der Waals surface area contributed by atoms with Crippen LogP contribution in [0.1, 0.15) is 17.0 Å². The maximum absolute atomic E-state index is 12.4. The molecule has 2 aromatic rings. The van der Waals surface area contributed by atoms with Crippen molar-refractivity contribution in [3.05, 3.63) is 82.4 Å². The molecule has 0 amide bonds. The molecular weight excluding hydrogens is 340 g/mol. The molecule has 2 aromatic carbocycles. The summed E-state index contributed by atoms with van der Waals surface area (Å²) in [6.07, 6.45) is 1.64. The van der Waals surface area contributed by atoms with Gasteiger partial charge in [-0.25, -0.2) is 0 Å². The van der Waals surface area contributed by atoms with Gasteiger partial charge in [0, 0.05) is 5.02 Å². The van der Waals surface area contributed by atoms with Crippen LogP contribution in [0.5, 0.6) is 0 Å². The first kappa shape index (κ1) is 17.0. The van der Waals surface area contributed by atoms with Crippen LogP contribution < -0.4 is 0 Å². The third-order valence-electron chi connectivity index (χ3n) is 4.03. The van der Waals surface area contributed by atoms with Gasteiger partial charge in [-0.15, -0.1) is 0 Å². The molecule has 0 aliphatic heterocycles. The van der Waals surface area contributed by atoms with E-state index in [1.165, 1.54) is 18.2 Å². The Kier molecular flexibility index (Phi) is 4.72. The van der Waals surface area contributed by atoms with E-state index in [4.69, 9.17) is 11.6 Å². The summed E-state index contributed by atoms with van der Waals surface area (Å²) in [7, 11) is 0. The highest BCUT2D eigenvalue weighted by atomic mass is 35.5. The van der Waals surface area contributed by atoms with Crippen LogP contribution in [-0.2, 0) is 25.6 Å². The van der Waals surface area contributed by atoms with Gasteiger partial charge in [0.2, 0.25) is 23.1 Å². The number of hydrogen-bond acceptors (Lipinski definition) is 4. The van der Waals surface area contributed by atoms with Crippen molar-refractivity contribution in [1.29, 1.82) is 0 Å². The first-order valence-electron chi connectivity index (χ1n) is 7.65. The molecule has 4 nitrogen and oxygen atoms in total. The molecule has 1 fully saturated rings. The molecule has 0 unspecified atom stereocenters. The standard InChI is InChI=1S/C20H13ClO4/c21-14-8-4-7-13(11-14)16-19(24)17(22)15(18(23)20(16)25)10-9-12-5-2-1-3-6-12/h1-8,10-11,16H,9H2. The Morgan fingerprint density at radius 2 is 1.48 bits per heavy atom. The Morgan fingerprint density at radius 3 is 2.08 bits per heavy atom. The van der Waals surface area contributed by atoms with E-state index in [1.807, 2.05) is 30.3 Å². The van der Waals surface area contributed by atoms with Crippen LogP contribution in [0.3, 0.4) is 0 Å². The minimum atomic E-state index is -1.41. The Hall–Kier alpha value is -2.85. The number of rotatable bonds is 3. The molecule has 1 aliphatic rings. The molecule has 0 atom stereocenters. The Labute approximate surface area is 149 Å². The lowest BCUT2D eigenvalue weighted by atomic mass is 9.77. The number of allylic oxidation sites excluding steroid dienone is 2. The van der Waals surface area contributed by atoms with Gasteiger partial charge in [0.25, 0.3) is 0 Å². The van der Waals surface area contributed by atoms with Crippen molar-refractivity contribution in [2.75, 3.05) is 0 Å². The van der Waals surface area contributed by atoms with E-state index in [2.05, 4.69) is 0 Å². The van der Waals surface area contributed by atoms with Gasteiger partial charge in [-0.05, 0) is 29.7 Å². The Bertz CT molecular complexity index is 882. The molecule has 5 heteroatoms. The average molecular weight is 353 g/mol. The van der Waals surface area contributed by atoms with E-state index in [-0.39, 0.29) is 17.6 Å². The van der Waals surface area contributed by atoms with Crippen LogP contribution in [0.15, 0.2) is 66.2 Å². The molecule has 0 heterocycles. The third-order valence-corrected chi connectivity index (χ3v) is 4.26. The van der Waals surface area contributed by atoms with Crippen molar-refractivity contribution in [2.24, 2.45) is 0 Å². The zero-order valence-electron chi connectivity index (χ0n) is 13.1. The lowest BCUT2D eigenvalue weighted by molar-refractivity contribution is -0.146. The SMILES string of the molecule is O=C1C(=O)C(c2cccc(Cl)c2)C(=O)C(=O)C1=CCc1ccccc1. The van der Waals surface area contributed by atoms with E-state index >= 15 is 0 Å². The van der Waals surface area contributed by atoms with Gasteiger partial charge >= 0.3 is 0 Å². The predicted molar refractivity (Wildman–Crippen MR) is 92.5 cm³/mol. The Balaban J connectivity index is 1.92. The number of benzene rings is 2. The molecule has 0 radical (unpaired) electrons. The molecule has 3 rings (SSSR count). The molecule has 124 valence electrons. The molecule has 25 heavy (non-hydrogen) atoms. The fraction of sp³-hybridized carbons (Fsp3) is 0.100. The molecule has 1 aliphatic carbocycles. The molecule has 0 bridgehead atoms. The van der Waals surface area contributed by atoms with Gasteiger partial charge in [-0.2, -0.15) is 0 Å². The maximum atomic E-state index is 12.4. The van der Waals surface area contributed by atoms with Gasteiger partial charge in [0.05, 0.1) is 5.57 Å². The zero-order valence-corrected chi connectivity index (χ0v) is 13.8. The number of Topliss-reactive ketones (excluding diaryl/α,β-unsaturated/α-hetero) is 4. The second-order valence-corrected chi connectivity index (χ2v) is 6.12. The van der Waals surface area contributed by atoms with Gasteiger partial charge in [0.15, 0.2) is 0 Å². The topological polar surface area (TPSA) is 68.3 Å². The van der Waals surface area contributed by atoms with Gasteiger partial charge in [-0.1, -0.05) is 60.1 Å². The quantitative estimate of drug-likeness (QED) is 0.368. The van der Waals surface area contributed by atoms with Crippen LogP contribution in [0.4, 0.5) is 0 Å². The molecule has 0 spiro atoms. The van der Waals surface area contributed by atoms with E-state index in [0.29, 0.717) is 5.02 Å². The summed E-state index contributed by atoms with van der Waals surface area (Å²) in [6, 6.07) is 15.2. The molecule has 1 saturated carbocycles. The first-order valence-corrected chi connectivity index (χ1v) is 8.03. The number of carbonyl (C=O) groups is 4. The fourth-order valence-electron chi connectivity index (χ4n) is 2.76. The predicted octanol–water partition coefficient (Wildman–Crippen LogP) is 2.88. The van der Waals surface area contributed by atoms with Crippen molar-refractivity contribution in [1.82, 2.24) is 0 Å². The number of carbonyl (C=O) groups excluding carboxylic acids is 4. The minimum absolute atomic E-state index is 0.256. The summed E-state index contributed by atoms with van der Waals surface area (Å²) in [5.74, 6) is -5.05. The molecule has 0 saturated heterocycles. The van der Waals surface area contributed by atoms with Gasteiger partial charge in [0.1, 0.15) is 5.92 Å². The van der Waals surface area contributed by atoms with Gasteiger partial charge < -0.3 is 0 Å². The zero-order chi connectivity index (χ0) is 18.0. The van der Waals surface area contributed by atoms with Crippen molar-refractivity contribution in [2.45, 2.75) is 12.3 Å². The van der Waals surface area contributed by atoms with Crippen molar-refractivity contribution in [3.63, 3.8) is 0 Å². The monoisotopic (exact) mass is 352 g/mol. The summed E-state index contributed by atoms with van der Waals surface area (Å²) in [5, 5.41) is 0.323. The third kappa shape index (κ3) is 3.35. The highest BCUT2D eigenvalue weighted by molar-refractivity contribution is 6.69. The number of ketones is 4. The van der Waals surface area contributed by atoms with Crippen LogP contribution in [0.25, 0.3) is 0 Å². The van der Waals surface area contributed by atoms with Crippen molar-refractivity contribution < 1.29 is 19.2 Å². The highest BCUT2D eigenvalue weighted by Crippen LogP contribution is 2.28. The fourth-order valence-corrected chi connectivity index (χ4v) is 2.96.